The summed E-state index contributed by atoms with van der Waals surface area (Å²) in [5, 5.41) is 0.424. The predicted octanol–water partition coefficient (Wildman–Crippen LogP) is 2.73. The highest BCUT2D eigenvalue weighted by Crippen LogP contribution is 2.28. The van der Waals surface area contributed by atoms with Gasteiger partial charge in [0, 0.05) is 15.7 Å². The van der Waals surface area contributed by atoms with E-state index in [2.05, 4.69) is 0 Å². The third-order valence-electron chi connectivity index (χ3n) is 1.98. The third-order valence-corrected chi connectivity index (χ3v) is 3.18. The molecule has 0 aliphatic heterocycles. The molecule has 0 saturated heterocycles. The topological polar surface area (TPSA) is 43.4 Å². The Labute approximate surface area is 98.4 Å². The second-order valence-electron chi connectivity index (χ2n) is 3.08. The van der Waals surface area contributed by atoms with Crippen LogP contribution in [0.15, 0.2) is 12.1 Å². The highest BCUT2D eigenvalue weighted by molar-refractivity contribution is 8.13. The van der Waals surface area contributed by atoms with Gasteiger partial charge < -0.3 is 4.74 Å². The number of ether oxygens (including phenoxy) is 1. The van der Waals surface area contributed by atoms with Crippen LogP contribution in [0, 0.1) is 6.92 Å². The highest BCUT2D eigenvalue weighted by Gasteiger charge is 2.13. The summed E-state index contributed by atoms with van der Waals surface area (Å²) < 4.78 is 26.9. The van der Waals surface area contributed by atoms with Crippen molar-refractivity contribution < 1.29 is 13.2 Å². The average molecular weight is 269 g/mol. The molecule has 0 N–H and O–H groups in total. The lowest BCUT2D eigenvalue weighted by molar-refractivity contribution is 0.411. The standard InChI is InChI=1S/C9H10Cl2O3S/c1-6-7(5-15(11,12)13)3-8(10)4-9(6)14-2/h3-4H,5H2,1-2H3. The molecule has 0 fully saturated rings. The Bertz CT molecular complexity index is 468. The van der Waals surface area contributed by atoms with Gasteiger partial charge in [-0.15, -0.1) is 0 Å². The molecule has 0 spiro atoms. The molecule has 84 valence electrons. The lowest BCUT2D eigenvalue weighted by atomic mass is 10.1. The monoisotopic (exact) mass is 268 g/mol. The van der Waals surface area contributed by atoms with Crippen LogP contribution in [0.25, 0.3) is 0 Å². The smallest absolute Gasteiger partial charge is 0.236 e. The van der Waals surface area contributed by atoms with Crippen LogP contribution in [-0.4, -0.2) is 15.5 Å². The minimum Gasteiger partial charge on any atom is -0.496 e. The lowest BCUT2D eigenvalue weighted by Gasteiger charge is -2.09. The van der Waals surface area contributed by atoms with Gasteiger partial charge in [0.25, 0.3) is 0 Å². The molecule has 15 heavy (non-hydrogen) atoms. The first-order chi connectivity index (χ1) is 6.83. The van der Waals surface area contributed by atoms with Crippen molar-refractivity contribution in [2.45, 2.75) is 12.7 Å². The van der Waals surface area contributed by atoms with Crippen molar-refractivity contribution in [3.63, 3.8) is 0 Å². The summed E-state index contributed by atoms with van der Waals surface area (Å²) in [6.07, 6.45) is 0. The molecule has 0 heterocycles. The molecule has 0 aliphatic carbocycles. The van der Waals surface area contributed by atoms with E-state index in [0.29, 0.717) is 16.3 Å². The van der Waals surface area contributed by atoms with E-state index in [0.717, 1.165) is 5.56 Å². The van der Waals surface area contributed by atoms with Gasteiger partial charge in [0.05, 0.1) is 12.9 Å². The van der Waals surface area contributed by atoms with Gasteiger partial charge in [-0.1, -0.05) is 11.6 Å². The van der Waals surface area contributed by atoms with Crippen LogP contribution in [-0.2, 0) is 14.8 Å². The second-order valence-corrected chi connectivity index (χ2v) is 6.29. The van der Waals surface area contributed by atoms with Gasteiger partial charge in [-0.2, -0.15) is 0 Å². The maximum absolute atomic E-state index is 10.9. The van der Waals surface area contributed by atoms with Crippen molar-refractivity contribution in [1.29, 1.82) is 0 Å². The maximum atomic E-state index is 10.9. The molecule has 0 amide bonds. The summed E-state index contributed by atoms with van der Waals surface area (Å²) in [5.74, 6) is 0.301. The Morgan fingerprint density at radius 2 is 2.00 bits per heavy atom. The zero-order valence-electron chi connectivity index (χ0n) is 8.25. The molecule has 1 rings (SSSR count). The predicted molar refractivity (Wildman–Crippen MR) is 61.2 cm³/mol. The van der Waals surface area contributed by atoms with Crippen molar-refractivity contribution in [3.05, 3.63) is 28.3 Å². The van der Waals surface area contributed by atoms with Crippen LogP contribution in [0.5, 0.6) is 5.75 Å². The largest absolute Gasteiger partial charge is 0.496 e. The fourth-order valence-electron chi connectivity index (χ4n) is 1.26. The number of methoxy groups -OCH3 is 1. The molecule has 0 atom stereocenters. The molecule has 1 aromatic carbocycles. The van der Waals surface area contributed by atoms with Crippen molar-refractivity contribution >= 4 is 31.3 Å². The van der Waals surface area contributed by atoms with Gasteiger partial charge >= 0.3 is 0 Å². The third kappa shape index (κ3) is 3.55. The zero-order chi connectivity index (χ0) is 11.6. The van der Waals surface area contributed by atoms with Gasteiger partial charge in [-0.25, -0.2) is 8.42 Å². The Kier molecular flexibility index (Phi) is 3.87. The molecular weight excluding hydrogens is 259 g/mol. The van der Waals surface area contributed by atoms with E-state index in [-0.39, 0.29) is 5.75 Å². The van der Waals surface area contributed by atoms with Crippen molar-refractivity contribution in [3.8, 4) is 5.75 Å². The maximum Gasteiger partial charge on any atom is 0.236 e. The quantitative estimate of drug-likeness (QED) is 0.792. The van der Waals surface area contributed by atoms with Crippen LogP contribution in [0.4, 0.5) is 0 Å². The first-order valence-corrected chi connectivity index (χ1v) is 6.94. The van der Waals surface area contributed by atoms with Crippen LogP contribution >= 0.6 is 22.3 Å². The Hall–Kier alpha value is -0.450. The minimum atomic E-state index is -3.58. The Balaban J connectivity index is 3.24. The van der Waals surface area contributed by atoms with Crippen molar-refractivity contribution in [2.75, 3.05) is 7.11 Å². The zero-order valence-corrected chi connectivity index (χ0v) is 10.6. The molecular formula is C9H10Cl2O3S. The molecule has 0 aromatic heterocycles. The molecule has 0 radical (unpaired) electrons. The summed E-state index contributed by atoms with van der Waals surface area (Å²) in [4.78, 5) is 0. The molecule has 0 saturated carbocycles. The fraction of sp³-hybridized carbons (Fsp3) is 0.333. The van der Waals surface area contributed by atoms with E-state index in [4.69, 9.17) is 27.0 Å². The van der Waals surface area contributed by atoms with E-state index in [9.17, 15) is 8.42 Å². The molecule has 6 heteroatoms. The minimum absolute atomic E-state index is 0.253. The van der Waals surface area contributed by atoms with Crippen molar-refractivity contribution in [2.24, 2.45) is 0 Å². The van der Waals surface area contributed by atoms with E-state index in [1.807, 2.05) is 0 Å². The lowest BCUT2D eigenvalue weighted by Crippen LogP contribution is -1.99. The summed E-state index contributed by atoms with van der Waals surface area (Å²) in [7, 11) is 3.09. The fourth-order valence-corrected chi connectivity index (χ4v) is 2.51. The molecule has 3 nitrogen and oxygen atoms in total. The summed E-state index contributed by atoms with van der Waals surface area (Å²) in [5.41, 5.74) is 1.28. The molecule has 0 unspecified atom stereocenters. The summed E-state index contributed by atoms with van der Waals surface area (Å²) >= 11 is 5.81. The first kappa shape index (κ1) is 12.6. The summed E-state index contributed by atoms with van der Waals surface area (Å²) in [6.45, 7) is 1.76. The van der Waals surface area contributed by atoms with Gasteiger partial charge in [0.2, 0.25) is 9.05 Å². The SMILES string of the molecule is COc1cc(Cl)cc(CS(=O)(=O)Cl)c1C. The van der Waals surface area contributed by atoms with Crippen molar-refractivity contribution in [1.82, 2.24) is 0 Å². The number of rotatable bonds is 3. The second kappa shape index (κ2) is 4.60. The summed E-state index contributed by atoms with van der Waals surface area (Å²) in [6, 6.07) is 3.20. The molecule has 0 bridgehead atoms. The Morgan fingerprint density at radius 1 is 1.40 bits per heavy atom. The normalized spacial score (nSPS) is 11.5. The van der Waals surface area contributed by atoms with Crippen LogP contribution in [0.2, 0.25) is 5.02 Å². The number of halogens is 2. The van der Waals surface area contributed by atoms with E-state index < -0.39 is 9.05 Å². The van der Waals surface area contributed by atoms with Crippen LogP contribution in [0.1, 0.15) is 11.1 Å². The Morgan fingerprint density at radius 3 is 2.47 bits per heavy atom. The molecule has 1 aromatic rings. The van der Waals surface area contributed by atoms with Gasteiger partial charge in [-0.3, -0.25) is 0 Å². The van der Waals surface area contributed by atoms with Crippen LogP contribution in [0.3, 0.4) is 0 Å². The number of hydrogen-bond donors (Lipinski definition) is 0. The number of hydrogen-bond acceptors (Lipinski definition) is 3. The van der Waals surface area contributed by atoms with E-state index >= 15 is 0 Å². The van der Waals surface area contributed by atoms with E-state index in [1.54, 1.807) is 19.1 Å². The highest BCUT2D eigenvalue weighted by atomic mass is 35.7. The van der Waals surface area contributed by atoms with Gasteiger partial charge in [0.1, 0.15) is 5.75 Å². The van der Waals surface area contributed by atoms with Gasteiger partial charge in [0.15, 0.2) is 0 Å². The van der Waals surface area contributed by atoms with Crippen LogP contribution < -0.4 is 4.74 Å². The number of benzene rings is 1. The van der Waals surface area contributed by atoms with E-state index in [1.165, 1.54) is 7.11 Å². The molecule has 0 aliphatic rings. The average Bonchev–Trinajstić information content (AvgIpc) is 2.08. The first-order valence-electron chi connectivity index (χ1n) is 4.09. The van der Waals surface area contributed by atoms with Gasteiger partial charge in [-0.05, 0) is 30.2 Å².